The third kappa shape index (κ3) is 3.37. The molecule has 0 spiro atoms. The summed E-state index contributed by atoms with van der Waals surface area (Å²) in [4.78, 5) is 11.7. The lowest BCUT2D eigenvalue weighted by Crippen LogP contribution is -2.18. The van der Waals surface area contributed by atoms with Crippen LogP contribution >= 0.6 is 0 Å². The van der Waals surface area contributed by atoms with E-state index in [1.54, 1.807) is 23.1 Å². The van der Waals surface area contributed by atoms with E-state index in [-0.39, 0.29) is 24.1 Å². The molecule has 0 saturated carbocycles. The molecule has 19 heavy (non-hydrogen) atoms. The zero-order chi connectivity index (χ0) is 13.8. The van der Waals surface area contributed by atoms with Gasteiger partial charge in [0.15, 0.2) is 11.6 Å². The molecule has 6 heteroatoms. The van der Waals surface area contributed by atoms with Gasteiger partial charge in [-0.25, -0.2) is 8.78 Å². The number of aromatic nitrogens is 2. The Morgan fingerprint density at radius 3 is 2.84 bits per heavy atom. The SMILES string of the molecule is C[C@@H](CC(=O)Nc1ccc(F)c(F)c1)n1cccn1. The maximum absolute atomic E-state index is 13.0. The van der Waals surface area contributed by atoms with E-state index in [4.69, 9.17) is 0 Å². The van der Waals surface area contributed by atoms with Crippen molar-refractivity contribution in [3.63, 3.8) is 0 Å². The molecule has 0 fully saturated rings. The van der Waals surface area contributed by atoms with Crippen molar-refractivity contribution in [1.82, 2.24) is 9.78 Å². The second-order valence-corrected chi connectivity index (χ2v) is 4.22. The molecule has 4 nitrogen and oxygen atoms in total. The number of benzene rings is 1. The topological polar surface area (TPSA) is 46.9 Å². The minimum Gasteiger partial charge on any atom is -0.326 e. The summed E-state index contributed by atoms with van der Waals surface area (Å²) in [7, 11) is 0. The molecule has 0 aliphatic heterocycles. The number of amides is 1. The van der Waals surface area contributed by atoms with Gasteiger partial charge in [0.1, 0.15) is 0 Å². The van der Waals surface area contributed by atoms with E-state index in [9.17, 15) is 13.6 Å². The van der Waals surface area contributed by atoms with Crippen LogP contribution in [0.25, 0.3) is 0 Å². The number of hydrogen-bond acceptors (Lipinski definition) is 2. The first kappa shape index (κ1) is 13.2. The standard InChI is InChI=1S/C13H13F2N3O/c1-9(18-6-2-5-16-18)7-13(19)17-10-3-4-11(14)12(15)8-10/h2-6,8-9H,7H2,1H3,(H,17,19)/t9-/m0/s1. The molecular formula is C13H13F2N3O. The first-order valence-corrected chi connectivity index (χ1v) is 5.80. The van der Waals surface area contributed by atoms with E-state index >= 15 is 0 Å². The van der Waals surface area contributed by atoms with Crippen LogP contribution in [0.4, 0.5) is 14.5 Å². The average molecular weight is 265 g/mol. The van der Waals surface area contributed by atoms with Gasteiger partial charge in [0.05, 0.1) is 6.04 Å². The molecule has 1 atom stereocenters. The van der Waals surface area contributed by atoms with E-state index in [1.165, 1.54) is 6.07 Å². The molecule has 1 aromatic heterocycles. The van der Waals surface area contributed by atoms with E-state index in [1.807, 2.05) is 6.92 Å². The maximum atomic E-state index is 13.0. The Morgan fingerprint density at radius 1 is 1.42 bits per heavy atom. The smallest absolute Gasteiger partial charge is 0.226 e. The first-order valence-electron chi connectivity index (χ1n) is 5.80. The van der Waals surface area contributed by atoms with Crippen LogP contribution in [0.2, 0.25) is 0 Å². The van der Waals surface area contributed by atoms with Crippen LogP contribution in [0.3, 0.4) is 0 Å². The van der Waals surface area contributed by atoms with Crippen molar-refractivity contribution >= 4 is 11.6 Å². The van der Waals surface area contributed by atoms with Crippen molar-refractivity contribution < 1.29 is 13.6 Å². The van der Waals surface area contributed by atoms with E-state index in [0.717, 1.165) is 12.1 Å². The van der Waals surface area contributed by atoms with Gasteiger partial charge in [0.25, 0.3) is 0 Å². The molecule has 0 aliphatic carbocycles. The first-order chi connectivity index (χ1) is 9.06. The van der Waals surface area contributed by atoms with Crippen molar-refractivity contribution in [2.24, 2.45) is 0 Å². The molecule has 0 aliphatic rings. The molecule has 2 aromatic rings. The van der Waals surface area contributed by atoms with Gasteiger partial charge >= 0.3 is 0 Å². The Morgan fingerprint density at radius 2 is 2.21 bits per heavy atom. The predicted molar refractivity (Wildman–Crippen MR) is 66.5 cm³/mol. The quantitative estimate of drug-likeness (QED) is 0.924. The third-order valence-corrected chi connectivity index (χ3v) is 2.66. The van der Waals surface area contributed by atoms with Crippen LogP contribution in [0, 0.1) is 11.6 Å². The molecule has 0 saturated heterocycles. The fourth-order valence-corrected chi connectivity index (χ4v) is 1.69. The third-order valence-electron chi connectivity index (χ3n) is 2.66. The van der Waals surface area contributed by atoms with Gasteiger partial charge in [-0.15, -0.1) is 0 Å². The van der Waals surface area contributed by atoms with Gasteiger partial charge in [-0.1, -0.05) is 0 Å². The molecule has 1 aromatic carbocycles. The minimum atomic E-state index is -0.988. The number of nitrogens with one attached hydrogen (secondary N) is 1. The summed E-state index contributed by atoms with van der Waals surface area (Å²) in [5.41, 5.74) is 0.233. The molecule has 1 amide bonds. The van der Waals surface area contributed by atoms with Crippen LogP contribution in [0.5, 0.6) is 0 Å². The number of hydrogen-bond donors (Lipinski definition) is 1. The lowest BCUT2D eigenvalue weighted by atomic mass is 10.2. The highest BCUT2D eigenvalue weighted by Crippen LogP contribution is 2.15. The van der Waals surface area contributed by atoms with Crippen molar-refractivity contribution in [3.8, 4) is 0 Å². The Hall–Kier alpha value is -2.24. The second-order valence-electron chi connectivity index (χ2n) is 4.22. The Kier molecular flexibility index (Phi) is 3.89. The van der Waals surface area contributed by atoms with Gasteiger partial charge in [0.2, 0.25) is 5.91 Å². The largest absolute Gasteiger partial charge is 0.326 e. The van der Waals surface area contributed by atoms with Crippen LogP contribution < -0.4 is 5.32 Å². The summed E-state index contributed by atoms with van der Waals surface area (Å²) in [5, 5.41) is 6.55. The number of anilines is 1. The molecular weight excluding hydrogens is 252 g/mol. The lowest BCUT2D eigenvalue weighted by Gasteiger charge is -2.12. The number of halogens is 2. The van der Waals surface area contributed by atoms with Crippen LogP contribution in [0.15, 0.2) is 36.7 Å². The summed E-state index contributed by atoms with van der Waals surface area (Å²) in [5.74, 6) is -2.21. The molecule has 2 rings (SSSR count). The summed E-state index contributed by atoms with van der Waals surface area (Å²) < 4.78 is 27.4. The number of nitrogens with zero attached hydrogens (tertiary/aromatic N) is 2. The van der Waals surface area contributed by atoms with Gasteiger partial charge in [-0.2, -0.15) is 5.10 Å². The highest BCUT2D eigenvalue weighted by Gasteiger charge is 2.12. The summed E-state index contributed by atoms with van der Waals surface area (Å²) in [6, 6.07) is 4.90. The Balaban J connectivity index is 1.95. The van der Waals surface area contributed by atoms with Gasteiger partial charge < -0.3 is 5.32 Å². The molecule has 1 heterocycles. The lowest BCUT2D eigenvalue weighted by molar-refractivity contribution is -0.116. The Labute approximate surface area is 109 Å². The van der Waals surface area contributed by atoms with E-state index in [0.29, 0.717) is 0 Å². The zero-order valence-corrected chi connectivity index (χ0v) is 10.3. The van der Waals surface area contributed by atoms with E-state index < -0.39 is 11.6 Å². The molecule has 0 unspecified atom stereocenters. The minimum absolute atomic E-state index is 0.111. The number of carbonyl (C=O) groups excluding carboxylic acids is 1. The molecule has 100 valence electrons. The van der Waals surface area contributed by atoms with Crippen molar-refractivity contribution in [3.05, 3.63) is 48.3 Å². The fourth-order valence-electron chi connectivity index (χ4n) is 1.69. The van der Waals surface area contributed by atoms with Crippen molar-refractivity contribution in [2.45, 2.75) is 19.4 Å². The average Bonchev–Trinajstić information content (AvgIpc) is 2.87. The molecule has 1 N–H and O–H groups in total. The predicted octanol–water partition coefficient (Wildman–Crippen LogP) is 2.75. The van der Waals surface area contributed by atoms with Crippen LogP contribution in [0.1, 0.15) is 19.4 Å². The number of carbonyl (C=O) groups is 1. The number of rotatable bonds is 4. The second kappa shape index (κ2) is 5.60. The highest BCUT2D eigenvalue weighted by molar-refractivity contribution is 5.90. The maximum Gasteiger partial charge on any atom is 0.226 e. The molecule has 0 radical (unpaired) electrons. The van der Waals surface area contributed by atoms with Crippen molar-refractivity contribution in [1.29, 1.82) is 0 Å². The van der Waals surface area contributed by atoms with Gasteiger partial charge in [0, 0.05) is 30.6 Å². The fraction of sp³-hybridized carbons (Fsp3) is 0.231. The molecule has 0 bridgehead atoms. The highest BCUT2D eigenvalue weighted by atomic mass is 19.2. The summed E-state index contributed by atoms with van der Waals surface area (Å²) in [6.07, 6.45) is 3.58. The van der Waals surface area contributed by atoms with Crippen molar-refractivity contribution in [2.75, 3.05) is 5.32 Å². The van der Waals surface area contributed by atoms with Crippen LogP contribution in [-0.4, -0.2) is 15.7 Å². The van der Waals surface area contributed by atoms with Gasteiger partial charge in [-0.3, -0.25) is 9.48 Å². The zero-order valence-electron chi connectivity index (χ0n) is 10.3. The van der Waals surface area contributed by atoms with Crippen LogP contribution in [-0.2, 0) is 4.79 Å². The monoisotopic (exact) mass is 265 g/mol. The Bertz CT molecular complexity index is 569. The van der Waals surface area contributed by atoms with E-state index in [2.05, 4.69) is 10.4 Å². The summed E-state index contributed by atoms with van der Waals surface area (Å²) in [6.45, 7) is 1.85. The van der Waals surface area contributed by atoms with Gasteiger partial charge in [-0.05, 0) is 25.1 Å². The summed E-state index contributed by atoms with van der Waals surface area (Å²) >= 11 is 0. The normalized spacial score (nSPS) is 12.2.